The second-order valence-electron chi connectivity index (χ2n) is 4.97. The second kappa shape index (κ2) is 10.2. The molecule has 0 aromatic heterocycles. The van der Waals surface area contributed by atoms with Crippen LogP contribution in [0.1, 0.15) is 24.8 Å². The summed E-state index contributed by atoms with van der Waals surface area (Å²) >= 11 is 5.79. The van der Waals surface area contributed by atoms with Crippen LogP contribution in [0.15, 0.2) is 24.3 Å². The van der Waals surface area contributed by atoms with Crippen LogP contribution < -0.4 is 16.4 Å². The van der Waals surface area contributed by atoms with Gasteiger partial charge in [-0.3, -0.25) is 4.79 Å². The summed E-state index contributed by atoms with van der Waals surface area (Å²) in [5.41, 5.74) is 6.36. The van der Waals surface area contributed by atoms with E-state index < -0.39 is 12.0 Å². The van der Waals surface area contributed by atoms with E-state index in [4.69, 9.17) is 22.4 Å². The Balaban J connectivity index is 2.30. The van der Waals surface area contributed by atoms with Crippen LogP contribution in [0.25, 0.3) is 0 Å². The number of carboxylic acid groups (broad SMARTS) is 1. The number of halogens is 1. The van der Waals surface area contributed by atoms with Crippen molar-refractivity contribution in [1.82, 2.24) is 10.6 Å². The highest BCUT2D eigenvalue weighted by Crippen LogP contribution is 2.09. The van der Waals surface area contributed by atoms with Crippen molar-refractivity contribution in [3.8, 4) is 0 Å². The lowest BCUT2D eigenvalue weighted by Crippen LogP contribution is -2.44. The predicted octanol–water partition coefficient (Wildman–Crippen LogP) is 1.13. The second-order valence-corrected chi connectivity index (χ2v) is 5.41. The highest BCUT2D eigenvalue weighted by Gasteiger charge is 2.18. The molecular weight excluding hydrogens is 306 g/mol. The van der Waals surface area contributed by atoms with Gasteiger partial charge in [-0.15, -0.1) is 0 Å². The number of carbonyl (C=O) groups excluding carboxylic acids is 1. The molecule has 0 unspecified atom stereocenters. The van der Waals surface area contributed by atoms with E-state index in [2.05, 4.69) is 10.6 Å². The highest BCUT2D eigenvalue weighted by molar-refractivity contribution is 6.30. The maximum atomic E-state index is 11.8. The summed E-state index contributed by atoms with van der Waals surface area (Å²) in [6.07, 6.45) is 1.80. The third kappa shape index (κ3) is 7.40. The van der Waals surface area contributed by atoms with Gasteiger partial charge < -0.3 is 21.5 Å². The van der Waals surface area contributed by atoms with Crippen molar-refractivity contribution in [2.75, 3.05) is 13.1 Å². The Bertz CT molecular complexity index is 479. The summed E-state index contributed by atoms with van der Waals surface area (Å²) < 4.78 is 0. The van der Waals surface area contributed by atoms with E-state index in [9.17, 15) is 9.59 Å². The molecule has 0 aliphatic heterocycles. The third-order valence-electron chi connectivity index (χ3n) is 3.11. The summed E-state index contributed by atoms with van der Waals surface area (Å²) in [5, 5.41) is 15.2. The Kier molecular flexibility index (Phi) is 8.50. The van der Waals surface area contributed by atoms with Crippen molar-refractivity contribution >= 4 is 23.5 Å². The number of unbranched alkanes of at least 4 members (excludes halogenated alkanes) is 1. The molecule has 1 aromatic rings. The average Bonchev–Trinajstić information content (AvgIpc) is 2.48. The van der Waals surface area contributed by atoms with E-state index in [0.29, 0.717) is 31.0 Å². The molecule has 22 heavy (non-hydrogen) atoms. The van der Waals surface area contributed by atoms with Crippen LogP contribution in [0.5, 0.6) is 0 Å². The number of carboxylic acids is 1. The van der Waals surface area contributed by atoms with Gasteiger partial charge in [-0.1, -0.05) is 23.7 Å². The Labute approximate surface area is 135 Å². The molecule has 0 bridgehead atoms. The number of nitrogens with one attached hydrogen (secondary N) is 2. The van der Waals surface area contributed by atoms with Crippen molar-refractivity contribution in [1.29, 1.82) is 0 Å². The van der Waals surface area contributed by atoms with Gasteiger partial charge in [-0.05, 0) is 43.5 Å². The first kappa shape index (κ1) is 18.4. The molecule has 0 saturated carbocycles. The smallest absolute Gasteiger partial charge is 0.326 e. The van der Waals surface area contributed by atoms with Crippen LogP contribution in [0.4, 0.5) is 0 Å². The van der Waals surface area contributed by atoms with Gasteiger partial charge in [0.15, 0.2) is 0 Å². The molecule has 0 heterocycles. The maximum absolute atomic E-state index is 11.8. The molecule has 0 aliphatic rings. The summed E-state index contributed by atoms with van der Waals surface area (Å²) in [4.78, 5) is 22.8. The minimum atomic E-state index is -1.02. The molecule has 0 aliphatic carbocycles. The molecule has 5 N–H and O–H groups in total. The largest absolute Gasteiger partial charge is 0.480 e. The van der Waals surface area contributed by atoms with Crippen molar-refractivity contribution < 1.29 is 14.7 Å². The van der Waals surface area contributed by atoms with Crippen molar-refractivity contribution in [3.63, 3.8) is 0 Å². The Morgan fingerprint density at radius 3 is 2.50 bits per heavy atom. The van der Waals surface area contributed by atoms with E-state index in [1.54, 1.807) is 12.1 Å². The van der Waals surface area contributed by atoms with Crippen LogP contribution in [-0.2, 0) is 16.1 Å². The number of carbonyl (C=O) groups is 2. The lowest BCUT2D eigenvalue weighted by molar-refractivity contribution is -0.141. The minimum absolute atomic E-state index is 0.0588. The lowest BCUT2D eigenvalue weighted by Gasteiger charge is -2.14. The molecule has 0 radical (unpaired) electrons. The molecule has 1 amide bonds. The Morgan fingerprint density at radius 2 is 1.91 bits per heavy atom. The van der Waals surface area contributed by atoms with E-state index in [1.807, 2.05) is 12.1 Å². The first-order chi connectivity index (χ1) is 10.5. The third-order valence-corrected chi connectivity index (χ3v) is 3.36. The van der Waals surface area contributed by atoms with Crippen molar-refractivity contribution in [2.45, 2.75) is 31.8 Å². The first-order valence-electron chi connectivity index (χ1n) is 7.20. The summed E-state index contributed by atoms with van der Waals surface area (Å²) in [6, 6.07) is 6.41. The fourth-order valence-electron chi connectivity index (χ4n) is 1.92. The normalized spacial score (nSPS) is 11.9. The molecule has 1 rings (SSSR count). The predicted molar refractivity (Wildman–Crippen MR) is 85.6 cm³/mol. The Morgan fingerprint density at radius 1 is 1.23 bits per heavy atom. The van der Waals surface area contributed by atoms with Crippen LogP contribution in [0.2, 0.25) is 5.02 Å². The number of aliphatic carboxylic acids is 1. The summed E-state index contributed by atoms with van der Waals surface area (Å²) in [5.74, 6) is -1.36. The molecule has 0 fully saturated rings. The number of hydrogen-bond acceptors (Lipinski definition) is 4. The van der Waals surface area contributed by atoms with E-state index in [0.717, 1.165) is 12.0 Å². The summed E-state index contributed by atoms with van der Waals surface area (Å²) in [6.45, 7) is 1.09. The zero-order valence-corrected chi connectivity index (χ0v) is 13.1. The van der Waals surface area contributed by atoms with Gasteiger partial charge in [0, 0.05) is 11.6 Å². The fraction of sp³-hybridized carbons (Fsp3) is 0.467. The van der Waals surface area contributed by atoms with E-state index >= 15 is 0 Å². The Hall–Kier alpha value is -1.63. The van der Waals surface area contributed by atoms with Gasteiger partial charge in [0.25, 0.3) is 0 Å². The van der Waals surface area contributed by atoms with Crippen LogP contribution in [-0.4, -0.2) is 36.1 Å². The number of amides is 1. The molecule has 7 heteroatoms. The van der Waals surface area contributed by atoms with Gasteiger partial charge in [-0.2, -0.15) is 0 Å². The van der Waals surface area contributed by atoms with Gasteiger partial charge in [0.05, 0.1) is 6.54 Å². The average molecular weight is 328 g/mol. The number of nitrogens with two attached hydrogens (primary N) is 1. The SMILES string of the molecule is NCCCC[C@H](NC(=O)CNCc1ccc(Cl)cc1)C(=O)O. The van der Waals surface area contributed by atoms with Crippen molar-refractivity contribution in [2.24, 2.45) is 5.73 Å². The lowest BCUT2D eigenvalue weighted by atomic mass is 10.1. The van der Waals surface area contributed by atoms with Crippen LogP contribution >= 0.6 is 11.6 Å². The molecular formula is C15H22ClN3O3. The number of rotatable bonds is 10. The van der Waals surface area contributed by atoms with Gasteiger partial charge in [0.1, 0.15) is 6.04 Å². The van der Waals surface area contributed by atoms with E-state index in [1.165, 1.54) is 0 Å². The molecule has 122 valence electrons. The quantitative estimate of drug-likeness (QED) is 0.482. The molecule has 6 nitrogen and oxygen atoms in total. The zero-order valence-electron chi connectivity index (χ0n) is 12.3. The van der Waals surface area contributed by atoms with Crippen molar-refractivity contribution in [3.05, 3.63) is 34.9 Å². The number of benzene rings is 1. The maximum Gasteiger partial charge on any atom is 0.326 e. The van der Waals surface area contributed by atoms with Gasteiger partial charge >= 0.3 is 5.97 Å². The van der Waals surface area contributed by atoms with Gasteiger partial charge in [0.2, 0.25) is 5.91 Å². The zero-order chi connectivity index (χ0) is 16.4. The summed E-state index contributed by atoms with van der Waals surface area (Å²) in [7, 11) is 0. The first-order valence-corrected chi connectivity index (χ1v) is 7.58. The topological polar surface area (TPSA) is 104 Å². The molecule has 0 spiro atoms. The van der Waals surface area contributed by atoms with Crippen LogP contribution in [0, 0.1) is 0 Å². The molecule has 0 saturated heterocycles. The fourth-order valence-corrected chi connectivity index (χ4v) is 2.04. The van der Waals surface area contributed by atoms with E-state index in [-0.39, 0.29) is 12.5 Å². The standard InChI is InChI=1S/C15H22ClN3O3/c16-12-6-4-11(5-7-12)9-18-10-14(20)19-13(15(21)22)3-1-2-8-17/h4-7,13,18H,1-3,8-10,17H2,(H,19,20)(H,21,22)/t13-/m0/s1. The monoisotopic (exact) mass is 327 g/mol. The minimum Gasteiger partial charge on any atom is -0.480 e. The van der Waals surface area contributed by atoms with Gasteiger partial charge in [-0.25, -0.2) is 4.79 Å². The molecule has 1 atom stereocenters. The number of hydrogen-bond donors (Lipinski definition) is 4. The van der Waals surface area contributed by atoms with Crippen LogP contribution in [0.3, 0.4) is 0 Å². The molecule has 1 aromatic carbocycles. The highest BCUT2D eigenvalue weighted by atomic mass is 35.5.